The molecule has 0 bridgehead atoms. The molecule has 0 unspecified atom stereocenters. The lowest BCUT2D eigenvalue weighted by molar-refractivity contribution is -0.134. The minimum absolute atomic E-state index is 0.295. The van der Waals surface area contributed by atoms with Gasteiger partial charge in [-0.05, 0) is 73.6 Å². The van der Waals surface area contributed by atoms with E-state index < -0.39 is 11.9 Å². The molecule has 2 aromatic rings. The van der Waals surface area contributed by atoms with Gasteiger partial charge in [-0.25, -0.2) is 9.59 Å². The van der Waals surface area contributed by atoms with E-state index >= 15 is 0 Å². The van der Waals surface area contributed by atoms with Gasteiger partial charge < -0.3 is 20.2 Å². The predicted octanol–water partition coefficient (Wildman–Crippen LogP) is 4.61. The Morgan fingerprint density at radius 2 is 1.57 bits per heavy atom. The molecular weight excluding hydrogens is 426 g/mol. The molecule has 1 heterocycles. The highest BCUT2D eigenvalue weighted by atomic mass is 35.5. The number of hydrogen-bond donors (Lipinski definition) is 3. The van der Waals surface area contributed by atoms with Crippen molar-refractivity contribution >= 4 is 40.9 Å². The molecule has 158 valence electrons. The van der Waals surface area contributed by atoms with Gasteiger partial charge in [0.05, 0.1) is 0 Å². The fourth-order valence-corrected chi connectivity index (χ4v) is 3.95. The number of halogens is 1. The average Bonchev–Trinajstić information content (AvgIpc) is 2.67. The lowest BCUT2D eigenvalue weighted by Crippen LogP contribution is -2.12. The topological polar surface area (TPSA) is 98.1 Å². The van der Waals surface area contributed by atoms with E-state index in [1.54, 1.807) is 17.8 Å². The highest BCUT2D eigenvalue weighted by Crippen LogP contribution is 2.47. The van der Waals surface area contributed by atoms with Crippen molar-refractivity contribution in [3.05, 3.63) is 70.8 Å². The molecule has 0 aromatic heterocycles. The molecule has 3 rings (SSSR count). The Kier molecular flexibility index (Phi) is 8.53. The SMILES string of the molecule is CN(C)CC/C=C1\c2cc(O)ccc2Sc2ccc(Cl)cc21.O=C(O)/C=C\C(=O)O. The second-order valence-electron chi connectivity index (χ2n) is 6.64. The van der Waals surface area contributed by atoms with Crippen molar-refractivity contribution in [2.75, 3.05) is 20.6 Å². The maximum absolute atomic E-state index is 9.85. The number of phenols is 1. The van der Waals surface area contributed by atoms with Crippen molar-refractivity contribution in [3.8, 4) is 5.75 Å². The van der Waals surface area contributed by atoms with E-state index in [1.807, 2.05) is 24.3 Å². The number of hydrogen-bond acceptors (Lipinski definition) is 5. The normalized spacial score (nSPS) is 13.5. The minimum atomic E-state index is -1.26. The van der Waals surface area contributed by atoms with Crippen LogP contribution in [0.25, 0.3) is 5.57 Å². The third-order valence-corrected chi connectivity index (χ3v) is 5.39. The monoisotopic (exact) mass is 447 g/mol. The van der Waals surface area contributed by atoms with E-state index in [0.717, 1.165) is 34.7 Å². The average molecular weight is 448 g/mol. The summed E-state index contributed by atoms with van der Waals surface area (Å²) in [4.78, 5) is 23.6. The van der Waals surface area contributed by atoms with Crippen LogP contribution in [0.4, 0.5) is 0 Å². The van der Waals surface area contributed by atoms with Crippen molar-refractivity contribution in [2.24, 2.45) is 0 Å². The summed E-state index contributed by atoms with van der Waals surface area (Å²) in [5.74, 6) is -2.22. The standard InChI is InChI=1S/C18H18ClNOS.C4H4O4/c1-20(2)9-3-4-14-15-10-12(19)5-7-17(15)22-18-8-6-13(21)11-16(14)18;5-3(6)1-2-4(7)8/h4-8,10-11,21H,3,9H2,1-2H3;1-2H,(H,5,6)(H,7,8)/b14-4-;2-1-. The lowest BCUT2D eigenvalue weighted by Gasteiger charge is -2.23. The number of aromatic hydroxyl groups is 1. The zero-order chi connectivity index (χ0) is 22.3. The second kappa shape index (κ2) is 10.9. The molecule has 0 atom stereocenters. The number of carbonyl (C=O) groups is 2. The first kappa shape index (κ1) is 23.5. The molecule has 1 aliphatic heterocycles. The maximum atomic E-state index is 9.85. The van der Waals surface area contributed by atoms with Crippen LogP contribution in [0, 0.1) is 0 Å². The van der Waals surface area contributed by atoms with Crippen molar-refractivity contribution in [1.29, 1.82) is 0 Å². The van der Waals surface area contributed by atoms with Crippen LogP contribution in [0.3, 0.4) is 0 Å². The Morgan fingerprint density at radius 3 is 2.13 bits per heavy atom. The van der Waals surface area contributed by atoms with Gasteiger partial charge in [0, 0.05) is 33.5 Å². The summed E-state index contributed by atoms with van der Waals surface area (Å²) in [6.45, 7) is 0.987. The Bertz CT molecular complexity index is 932. The second-order valence-corrected chi connectivity index (χ2v) is 8.16. The molecule has 0 fully saturated rings. The molecule has 8 heteroatoms. The van der Waals surface area contributed by atoms with Gasteiger partial charge >= 0.3 is 11.9 Å². The predicted molar refractivity (Wildman–Crippen MR) is 118 cm³/mol. The molecule has 0 saturated carbocycles. The first-order valence-corrected chi connectivity index (χ1v) is 10.2. The third kappa shape index (κ3) is 6.95. The van der Waals surface area contributed by atoms with Gasteiger partial charge in [0.1, 0.15) is 5.75 Å². The van der Waals surface area contributed by atoms with E-state index in [2.05, 4.69) is 31.1 Å². The molecule has 0 amide bonds. The highest BCUT2D eigenvalue weighted by molar-refractivity contribution is 7.99. The van der Waals surface area contributed by atoms with Crippen molar-refractivity contribution in [1.82, 2.24) is 4.90 Å². The van der Waals surface area contributed by atoms with Gasteiger partial charge in [0.2, 0.25) is 0 Å². The summed E-state index contributed by atoms with van der Waals surface area (Å²) in [6, 6.07) is 11.6. The van der Waals surface area contributed by atoms with E-state index in [4.69, 9.17) is 21.8 Å². The van der Waals surface area contributed by atoms with Crippen LogP contribution in [0.1, 0.15) is 17.5 Å². The highest BCUT2D eigenvalue weighted by Gasteiger charge is 2.21. The first-order chi connectivity index (χ1) is 14.2. The van der Waals surface area contributed by atoms with Crippen LogP contribution in [0.15, 0.2) is 64.4 Å². The lowest BCUT2D eigenvalue weighted by atomic mass is 9.96. The van der Waals surface area contributed by atoms with Crippen LogP contribution in [0.2, 0.25) is 5.02 Å². The molecule has 0 spiro atoms. The van der Waals surface area contributed by atoms with Gasteiger partial charge in [0.25, 0.3) is 0 Å². The summed E-state index contributed by atoms with van der Waals surface area (Å²) in [7, 11) is 4.14. The van der Waals surface area contributed by atoms with Crippen molar-refractivity contribution in [3.63, 3.8) is 0 Å². The number of carboxylic acids is 2. The smallest absolute Gasteiger partial charge is 0.328 e. The number of carboxylic acid groups (broad SMARTS) is 2. The molecule has 1 aliphatic rings. The Balaban J connectivity index is 0.000000343. The Labute approximate surface area is 184 Å². The third-order valence-electron chi connectivity index (χ3n) is 4.00. The Hall–Kier alpha value is -2.74. The molecule has 0 radical (unpaired) electrons. The molecule has 0 aliphatic carbocycles. The van der Waals surface area contributed by atoms with Gasteiger partial charge in [-0.1, -0.05) is 29.4 Å². The quantitative estimate of drug-likeness (QED) is 0.491. The number of fused-ring (bicyclic) bond motifs is 2. The first-order valence-electron chi connectivity index (χ1n) is 8.97. The largest absolute Gasteiger partial charge is 0.508 e. The fourth-order valence-electron chi connectivity index (χ4n) is 2.71. The molecule has 30 heavy (non-hydrogen) atoms. The van der Waals surface area contributed by atoms with Crippen LogP contribution in [-0.2, 0) is 9.59 Å². The summed E-state index contributed by atoms with van der Waals surface area (Å²) in [6.07, 6.45) is 4.31. The Morgan fingerprint density at radius 1 is 1.00 bits per heavy atom. The number of benzene rings is 2. The van der Waals surface area contributed by atoms with Crippen LogP contribution in [-0.4, -0.2) is 52.8 Å². The van der Waals surface area contributed by atoms with E-state index in [9.17, 15) is 14.7 Å². The zero-order valence-corrected chi connectivity index (χ0v) is 18.1. The molecule has 3 N–H and O–H groups in total. The van der Waals surface area contributed by atoms with Crippen LogP contribution in [0.5, 0.6) is 5.75 Å². The maximum Gasteiger partial charge on any atom is 0.328 e. The summed E-state index contributed by atoms with van der Waals surface area (Å²) in [5, 5.41) is 26.2. The van der Waals surface area contributed by atoms with Gasteiger partial charge in [-0.2, -0.15) is 0 Å². The van der Waals surface area contributed by atoms with E-state index in [1.165, 1.54) is 9.79 Å². The van der Waals surface area contributed by atoms with Gasteiger partial charge in [-0.3, -0.25) is 0 Å². The summed E-state index contributed by atoms with van der Waals surface area (Å²) < 4.78 is 0. The zero-order valence-electron chi connectivity index (χ0n) is 16.5. The molecular formula is C22H22ClNO5S. The van der Waals surface area contributed by atoms with Crippen molar-refractivity contribution in [2.45, 2.75) is 16.2 Å². The number of phenolic OH excluding ortho intramolecular Hbond substituents is 1. The molecule has 0 saturated heterocycles. The van der Waals surface area contributed by atoms with E-state index in [-0.39, 0.29) is 0 Å². The number of aliphatic carboxylic acids is 2. The minimum Gasteiger partial charge on any atom is -0.508 e. The summed E-state index contributed by atoms with van der Waals surface area (Å²) >= 11 is 7.91. The van der Waals surface area contributed by atoms with Crippen LogP contribution >= 0.6 is 23.4 Å². The number of nitrogens with zero attached hydrogens (tertiary/aromatic N) is 1. The van der Waals surface area contributed by atoms with Gasteiger partial charge in [-0.15, -0.1) is 0 Å². The molecule has 6 nitrogen and oxygen atoms in total. The molecule has 2 aromatic carbocycles. The van der Waals surface area contributed by atoms with Crippen molar-refractivity contribution < 1.29 is 24.9 Å². The van der Waals surface area contributed by atoms with Crippen LogP contribution < -0.4 is 0 Å². The number of rotatable bonds is 5. The summed E-state index contributed by atoms with van der Waals surface area (Å²) in [5.41, 5.74) is 3.39. The van der Waals surface area contributed by atoms with E-state index in [0.29, 0.717) is 17.9 Å². The fraction of sp³-hybridized carbons (Fsp3) is 0.182. The van der Waals surface area contributed by atoms with Gasteiger partial charge in [0.15, 0.2) is 0 Å².